The van der Waals surface area contributed by atoms with Crippen molar-refractivity contribution in [3.05, 3.63) is 53.1 Å². The highest BCUT2D eigenvalue weighted by atomic mass is 35.5. The summed E-state index contributed by atoms with van der Waals surface area (Å²) in [6, 6.07) is 9.99. The summed E-state index contributed by atoms with van der Waals surface area (Å²) >= 11 is 5.97. The van der Waals surface area contributed by atoms with E-state index in [1.807, 2.05) is 0 Å². The van der Waals surface area contributed by atoms with Crippen LogP contribution in [0.5, 0.6) is 5.75 Å². The van der Waals surface area contributed by atoms with Crippen LogP contribution >= 0.6 is 11.6 Å². The minimum atomic E-state index is -4.06. The number of rotatable bonds is 8. The zero-order chi connectivity index (χ0) is 23.2. The van der Waals surface area contributed by atoms with E-state index in [9.17, 15) is 22.8 Å². The molecule has 0 bridgehead atoms. The van der Waals surface area contributed by atoms with Crippen LogP contribution in [0.4, 0.5) is 5.69 Å². The van der Waals surface area contributed by atoms with Crippen LogP contribution < -0.4 is 15.2 Å². The molecule has 0 fully saturated rings. The Balaban J connectivity index is 1.98. The molecule has 2 aromatic rings. The normalized spacial score (nSPS) is 10.8. The summed E-state index contributed by atoms with van der Waals surface area (Å²) in [5.41, 5.74) is 0.171. The number of likely N-dealkylation sites (N-methyl/N-ethyl adjacent to an activating group) is 1. The molecule has 3 N–H and O–H groups in total. The molecule has 0 saturated carbocycles. The molecule has 0 aromatic heterocycles. The largest absolute Gasteiger partial charge is 0.496 e. The second kappa shape index (κ2) is 10.2. The highest BCUT2D eigenvalue weighted by Gasteiger charge is 2.21. The quantitative estimate of drug-likeness (QED) is 0.553. The monoisotopic (exact) mass is 469 g/mol. The van der Waals surface area contributed by atoms with Crippen molar-refractivity contribution in [3.8, 4) is 5.75 Å². The first-order valence-electron chi connectivity index (χ1n) is 8.69. The van der Waals surface area contributed by atoms with Crippen LogP contribution in [-0.2, 0) is 24.3 Å². The predicted octanol–water partition coefficient (Wildman–Crippen LogP) is 1.25. The molecule has 31 heavy (non-hydrogen) atoms. The third-order valence-corrected chi connectivity index (χ3v) is 5.24. The average molecular weight is 470 g/mol. The number of amides is 2. The lowest BCUT2D eigenvalue weighted by Gasteiger charge is -2.17. The van der Waals surface area contributed by atoms with Crippen molar-refractivity contribution in [3.63, 3.8) is 0 Å². The molecule has 0 saturated heterocycles. The fourth-order valence-electron chi connectivity index (χ4n) is 2.39. The van der Waals surface area contributed by atoms with Crippen LogP contribution in [0, 0.1) is 0 Å². The number of benzene rings is 2. The van der Waals surface area contributed by atoms with Crippen LogP contribution in [-0.4, -0.2) is 58.4 Å². The number of methoxy groups -OCH3 is 1. The van der Waals surface area contributed by atoms with Crippen LogP contribution in [0.15, 0.2) is 47.4 Å². The maximum atomic E-state index is 12.3. The van der Waals surface area contributed by atoms with Gasteiger partial charge in [-0.3, -0.25) is 9.59 Å². The van der Waals surface area contributed by atoms with Gasteiger partial charge in [0.1, 0.15) is 11.3 Å². The molecule has 12 heteroatoms. The van der Waals surface area contributed by atoms with E-state index in [0.29, 0.717) is 10.7 Å². The third-order valence-electron chi connectivity index (χ3n) is 4.00. The molecule has 2 amide bonds. The summed E-state index contributed by atoms with van der Waals surface area (Å²) in [7, 11) is -1.43. The molecule has 0 aliphatic heterocycles. The van der Waals surface area contributed by atoms with Gasteiger partial charge in [-0.2, -0.15) is 0 Å². The number of hydrogen-bond acceptors (Lipinski definition) is 7. The number of carbonyl (C=O) groups is 3. The maximum absolute atomic E-state index is 12.3. The zero-order valence-corrected chi connectivity index (χ0v) is 18.2. The molecule has 2 aromatic carbocycles. The molecular formula is C19H20ClN3O7S. The first-order chi connectivity index (χ1) is 14.5. The van der Waals surface area contributed by atoms with Gasteiger partial charge in [-0.15, -0.1) is 0 Å². The molecule has 0 radical (unpaired) electrons. The Morgan fingerprint density at radius 2 is 1.84 bits per heavy atom. The van der Waals surface area contributed by atoms with Crippen molar-refractivity contribution >= 4 is 45.1 Å². The van der Waals surface area contributed by atoms with Crippen molar-refractivity contribution < 1.29 is 32.3 Å². The number of nitrogens with zero attached hydrogens (tertiary/aromatic N) is 1. The minimum absolute atomic E-state index is 0.0392. The number of hydrogen-bond donors (Lipinski definition) is 2. The van der Waals surface area contributed by atoms with E-state index in [0.717, 1.165) is 11.0 Å². The summed E-state index contributed by atoms with van der Waals surface area (Å²) in [5.74, 6) is -2.12. The smallest absolute Gasteiger partial charge is 0.342 e. The van der Waals surface area contributed by atoms with E-state index in [4.69, 9.17) is 26.2 Å². The van der Waals surface area contributed by atoms with Crippen molar-refractivity contribution in [1.82, 2.24) is 4.90 Å². The predicted molar refractivity (Wildman–Crippen MR) is 112 cm³/mol. The second-order valence-corrected chi connectivity index (χ2v) is 8.23. The average Bonchev–Trinajstić information content (AvgIpc) is 2.72. The lowest BCUT2D eigenvalue weighted by molar-refractivity contribution is -0.136. The Kier molecular flexibility index (Phi) is 7.97. The molecule has 0 aliphatic carbocycles. The van der Waals surface area contributed by atoms with E-state index in [1.54, 1.807) is 24.3 Å². The standard InChI is InChI=1S/C19H20ClN3O7S/c1-23(10-17(24)22-15-6-4-3-5-14(15)20)18(25)11-30-19(26)13-9-12(31(21,27)28)7-8-16(13)29-2/h3-9H,10-11H2,1-2H3,(H,22,24)(H2,21,27,28). The van der Waals surface area contributed by atoms with E-state index in [-0.39, 0.29) is 22.8 Å². The number of nitrogens with two attached hydrogens (primary N) is 1. The molecule has 0 atom stereocenters. The van der Waals surface area contributed by atoms with Crippen LogP contribution in [0.2, 0.25) is 5.02 Å². The lowest BCUT2D eigenvalue weighted by Crippen LogP contribution is -2.37. The third kappa shape index (κ3) is 6.67. The summed E-state index contributed by atoms with van der Waals surface area (Å²) in [6.07, 6.45) is 0. The van der Waals surface area contributed by atoms with E-state index in [1.165, 1.54) is 26.3 Å². The number of carbonyl (C=O) groups excluding carboxylic acids is 3. The number of nitrogens with one attached hydrogen (secondary N) is 1. The highest BCUT2D eigenvalue weighted by Crippen LogP contribution is 2.23. The number of primary sulfonamides is 1. The van der Waals surface area contributed by atoms with Crippen LogP contribution in [0.1, 0.15) is 10.4 Å². The molecule has 0 spiro atoms. The van der Waals surface area contributed by atoms with Gasteiger partial charge in [0.25, 0.3) is 5.91 Å². The molecule has 0 aliphatic rings. The first-order valence-corrected chi connectivity index (χ1v) is 10.6. The molecule has 10 nitrogen and oxygen atoms in total. The number of sulfonamides is 1. The van der Waals surface area contributed by atoms with Gasteiger partial charge in [-0.1, -0.05) is 23.7 Å². The van der Waals surface area contributed by atoms with E-state index >= 15 is 0 Å². The van der Waals surface area contributed by atoms with Gasteiger partial charge in [-0.25, -0.2) is 18.4 Å². The number of halogens is 1. The fourth-order valence-corrected chi connectivity index (χ4v) is 3.12. The van der Waals surface area contributed by atoms with Crippen LogP contribution in [0.25, 0.3) is 0 Å². The van der Waals surface area contributed by atoms with Gasteiger partial charge in [0, 0.05) is 7.05 Å². The second-order valence-electron chi connectivity index (χ2n) is 6.26. The zero-order valence-electron chi connectivity index (χ0n) is 16.6. The van der Waals surface area contributed by atoms with Crippen molar-refractivity contribution in [1.29, 1.82) is 0 Å². The van der Waals surface area contributed by atoms with Gasteiger partial charge in [-0.05, 0) is 30.3 Å². The number of para-hydroxylation sites is 1. The van der Waals surface area contributed by atoms with Crippen LogP contribution in [0.3, 0.4) is 0 Å². The molecule has 166 valence electrons. The van der Waals surface area contributed by atoms with Gasteiger partial charge in [0.15, 0.2) is 6.61 Å². The SMILES string of the molecule is COc1ccc(S(N)(=O)=O)cc1C(=O)OCC(=O)N(C)CC(=O)Nc1ccccc1Cl. The Morgan fingerprint density at radius 1 is 1.16 bits per heavy atom. The summed E-state index contributed by atoms with van der Waals surface area (Å²) < 4.78 is 32.9. The minimum Gasteiger partial charge on any atom is -0.496 e. The van der Waals surface area contributed by atoms with E-state index in [2.05, 4.69) is 5.32 Å². The van der Waals surface area contributed by atoms with Gasteiger partial charge in [0.2, 0.25) is 15.9 Å². The van der Waals surface area contributed by atoms with Crippen molar-refractivity contribution in [2.75, 3.05) is 32.6 Å². The fraction of sp³-hybridized carbons (Fsp3) is 0.211. The number of ether oxygens (including phenoxy) is 2. The first kappa shape index (κ1) is 24.1. The molecular weight excluding hydrogens is 450 g/mol. The molecule has 2 rings (SSSR count). The maximum Gasteiger partial charge on any atom is 0.342 e. The molecule has 0 unspecified atom stereocenters. The van der Waals surface area contributed by atoms with Gasteiger partial charge >= 0.3 is 5.97 Å². The Bertz CT molecular complexity index is 1110. The summed E-state index contributed by atoms with van der Waals surface area (Å²) in [4.78, 5) is 37.4. The Morgan fingerprint density at radius 3 is 2.45 bits per heavy atom. The molecule has 0 heterocycles. The number of anilines is 1. The van der Waals surface area contributed by atoms with E-state index < -0.39 is 34.4 Å². The van der Waals surface area contributed by atoms with Crippen molar-refractivity contribution in [2.45, 2.75) is 4.90 Å². The summed E-state index contributed by atoms with van der Waals surface area (Å²) in [6.45, 7) is -0.997. The number of esters is 1. The van der Waals surface area contributed by atoms with Crippen molar-refractivity contribution in [2.24, 2.45) is 5.14 Å². The van der Waals surface area contributed by atoms with Gasteiger partial charge in [0.05, 0.1) is 29.3 Å². The lowest BCUT2D eigenvalue weighted by atomic mass is 10.2. The van der Waals surface area contributed by atoms with Gasteiger partial charge < -0.3 is 19.7 Å². The summed E-state index contributed by atoms with van der Waals surface area (Å²) in [5, 5.41) is 7.97. The Labute approximate surface area is 183 Å². The highest BCUT2D eigenvalue weighted by molar-refractivity contribution is 7.89. The topological polar surface area (TPSA) is 145 Å². The Hall–Kier alpha value is -3.15.